The lowest BCUT2D eigenvalue weighted by Crippen LogP contribution is -2.41. The van der Waals surface area contributed by atoms with E-state index < -0.39 is 5.79 Å². The van der Waals surface area contributed by atoms with Gasteiger partial charge in [0.25, 0.3) is 0 Å². The van der Waals surface area contributed by atoms with Gasteiger partial charge in [-0.2, -0.15) is 0 Å². The van der Waals surface area contributed by atoms with Crippen molar-refractivity contribution in [2.24, 2.45) is 10.7 Å². The second-order valence-corrected chi connectivity index (χ2v) is 4.87. The Morgan fingerprint density at radius 2 is 1.88 bits per heavy atom. The van der Waals surface area contributed by atoms with Gasteiger partial charge in [-0.15, -0.1) is 0 Å². The summed E-state index contributed by atoms with van der Waals surface area (Å²) in [5, 5.41) is 0. The van der Waals surface area contributed by atoms with Crippen molar-refractivity contribution in [2.75, 3.05) is 32.8 Å². The summed E-state index contributed by atoms with van der Waals surface area (Å²) in [5.41, 5.74) is 5.97. The first kappa shape index (κ1) is 12.6. The topological polar surface area (TPSA) is 60.1 Å². The summed E-state index contributed by atoms with van der Waals surface area (Å²) in [6.07, 6.45) is 4.52. The van der Waals surface area contributed by atoms with Crippen LogP contribution in [0.15, 0.2) is 4.99 Å². The molecule has 0 atom stereocenters. The summed E-state index contributed by atoms with van der Waals surface area (Å²) in [4.78, 5) is 6.59. The third kappa shape index (κ3) is 3.57. The molecule has 17 heavy (non-hydrogen) atoms. The molecule has 0 aromatic heterocycles. The molecule has 5 heteroatoms. The lowest BCUT2D eigenvalue weighted by Gasteiger charge is -2.28. The van der Waals surface area contributed by atoms with Crippen molar-refractivity contribution in [3.63, 3.8) is 0 Å². The SMILES string of the molecule is CC1(CCN=C(N)N2CCCCC2)OCCO1. The fourth-order valence-electron chi connectivity index (χ4n) is 2.30. The first-order chi connectivity index (χ1) is 8.20. The first-order valence-electron chi connectivity index (χ1n) is 6.52. The molecule has 2 heterocycles. The van der Waals surface area contributed by atoms with E-state index in [-0.39, 0.29) is 0 Å². The summed E-state index contributed by atoms with van der Waals surface area (Å²) in [7, 11) is 0. The highest BCUT2D eigenvalue weighted by Gasteiger charge is 2.30. The number of piperidine rings is 1. The maximum Gasteiger partial charge on any atom is 0.191 e. The molecule has 2 saturated heterocycles. The van der Waals surface area contributed by atoms with Crippen LogP contribution in [0.4, 0.5) is 0 Å². The van der Waals surface area contributed by atoms with E-state index in [9.17, 15) is 0 Å². The van der Waals surface area contributed by atoms with Crippen LogP contribution in [0.25, 0.3) is 0 Å². The molecule has 0 aromatic rings. The van der Waals surface area contributed by atoms with Gasteiger partial charge < -0.3 is 20.1 Å². The van der Waals surface area contributed by atoms with Crippen LogP contribution < -0.4 is 5.73 Å². The van der Waals surface area contributed by atoms with Crippen LogP contribution in [0, 0.1) is 0 Å². The molecule has 5 nitrogen and oxygen atoms in total. The van der Waals surface area contributed by atoms with Crippen molar-refractivity contribution < 1.29 is 9.47 Å². The maximum atomic E-state index is 5.97. The highest BCUT2D eigenvalue weighted by molar-refractivity contribution is 5.78. The van der Waals surface area contributed by atoms with Gasteiger partial charge >= 0.3 is 0 Å². The smallest absolute Gasteiger partial charge is 0.191 e. The molecule has 0 radical (unpaired) electrons. The van der Waals surface area contributed by atoms with Crippen LogP contribution in [-0.2, 0) is 9.47 Å². The monoisotopic (exact) mass is 241 g/mol. The van der Waals surface area contributed by atoms with Gasteiger partial charge in [-0.1, -0.05) is 0 Å². The molecule has 0 amide bonds. The van der Waals surface area contributed by atoms with Gasteiger partial charge in [-0.05, 0) is 26.2 Å². The van der Waals surface area contributed by atoms with Crippen LogP contribution in [0.3, 0.4) is 0 Å². The van der Waals surface area contributed by atoms with Gasteiger partial charge in [0.1, 0.15) is 0 Å². The van der Waals surface area contributed by atoms with Crippen LogP contribution >= 0.6 is 0 Å². The molecule has 98 valence electrons. The number of likely N-dealkylation sites (tertiary alicyclic amines) is 1. The van der Waals surface area contributed by atoms with Crippen molar-refractivity contribution in [3.05, 3.63) is 0 Å². The molecule has 0 saturated carbocycles. The maximum absolute atomic E-state index is 5.97. The van der Waals surface area contributed by atoms with E-state index in [0.717, 1.165) is 19.5 Å². The van der Waals surface area contributed by atoms with E-state index in [1.165, 1.54) is 19.3 Å². The van der Waals surface area contributed by atoms with Gasteiger partial charge in [0, 0.05) is 26.1 Å². The second-order valence-electron chi connectivity index (χ2n) is 4.87. The number of nitrogens with two attached hydrogens (primary N) is 1. The van der Waals surface area contributed by atoms with E-state index in [1.54, 1.807) is 0 Å². The van der Waals surface area contributed by atoms with Crippen LogP contribution in [0.2, 0.25) is 0 Å². The van der Waals surface area contributed by atoms with Crippen LogP contribution in [0.5, 0.6) is 0 Å². The van der Waals surface area contributed by atoms with E-state index in [4.69, 9.17) is 15.2 Å². The Kier molecular flexibility index (Phi) is 4.23. The molecule has 2 N–H and O–H groups in total. The summed E-state index contributed by atoms with van der Waals surface area (Å²) in [5.74, 6) is 0.220. The summed E-state index contributed by atoms with van der Waals surface area (Å²) >= 11 is 0. The van der Waals surface area contributed by atoms with Crippen molar-refractivity contribution in [1.29, 1.82) is 0 Å². The predicted octanol–water partition coefficient (Wildman–Crippen LogP) is 0.940. The molecule has 2 aliphatic heterocycles. The Hall–Kier alpha value is -0.810. The Morgan fingerprint density at radius 3 is 2.53 bits per heavy atom. The largest absolute Gasteiger partial charge is 0.370 e. The molecule has 2 aliphatic rings. The molecule has 0 spiro atoms. The lowest BCUT2D eigenvalue weighted by atomic mass is 10.1. The standard InChI is InChI=1S/C12H23N3O2/c1-12(16-9-10-17-12)5-6-14-11(13)15-7-3-2-4-8-15/h2-10H2,1H3,(H2,13,14). The summed E-state index contributed by atoms with van der Waals surface area (Å²) < 4.78 is 11.0. The van der Waals surface area contributed by atoms with Gasteiger partial charge in [0.15, 0.2) is 11.7 Å². The molecule has 2 fully saturated rings. The van der Waals surface area contributed by atoms with Crippen LogP contribution in [0.1, 0.15) is 32.6 Å². The molecule has 0 unspecified atom stereocenters. The zero-order valence-electron chi connectivity index (χ0n) is 10.7. The highest BCUT2D eigenvalue weighted by atomic mass is 16.7. The van der Waals surface area contributed by atoms with Crippen molar-refractivity contribution >= 4 is 5.96 Å². The van der Waals surface area contributed by atoms with Gasteiger partial charge in [-0.25, -0.2) is 0 Å². The van der Waals surface area contributed by atoms with Crippen LogP contribution in [-0.4, -0.2) is 49.5 Å². The molecular formula is C12H23N3O2. The minimum absolute atomic E-state index is 0.453. The number of hydrogen-bond donors (Lipinski definition) is 1. The number of rotatable bonds is 3. The number of ether oxygens (including phenoxy) is 2. The van der Waals surface area contributed by atoms with Gasteiger partial charge in [0.05, 0.1) is 13.2 Å². The summed E-state index contributed by atoms with van der Waals surface area (Å²) in [6, 6.07) is 0. The average Bonchev–Trinajstić information content (AvgIpc) is 2.77. The molecular weight excluding hydrogens is 218 g/mol. The molecule has 0 aliphatic carbocycles. The number of aliphatic imine (C=N–C) groups is 1. The van der Waals surface area contributed by atoms with Crippen molar-refractivity contribution in [3.8, 4) is 0 Å². The Labute approximate surface area is 103 Å². The van der Waals surface area contributed by atoms with E-state index in [2.05, 4.69) is 9.89 Å². The van der Waals surface area contributed by atoms with Gasteiger partial charge in [0.2, 0.25) is 0 Å². The number of nitrogens with zero attached hydrogens (tertiary/aromatic N) is 2. The predicted molar refractivity (Wildman–Crippen MR) is 66.8 cm³/mol. The third-order valence-corrected chi connectivity index (χ3v) is 3.42. The van der Waals surface area contributed by atoms with E-state index in [1.807, 2.05) is 6.92 Å². The quantitative estimate of drug-likeness (QED) is 0.590. The minimum Gasteiger partial charge on any atom is -0.370 e. The van der Waals surface area contributed by atoms with Gasteiger partial charge in [-0.3, -0.25) is 4.99 Å². The fraction of sp³-hybridized carbons (Fsp3) is 0.917. The summed E-state index contributed by atoms with van der Waals surface area (Å²) in [6.45, 7) is 6.08. The highest BCUT2D eigenvalue weighted by Crippen LogP contribution is 2.22. The Morgan fingerprint density at radius 1 is 1.24 bits per heavy atom. The second kappa shape index (κ2) is 5.69. The molecule has 2 rings (SSSR count). The number of guanidine groups is 1. The normalized spacial score (nSPS) is 25.2. The fourth-order valence-corrected chi connectivity index (χ4v) is 2.30. The average molecular weight is 241 g/mol. The van der Waals surface area contributed by atoms with Crippen molar-refractivity contribution in [1.82, 2.24) is 4.90 Å². The third-order valence-electron chi connectivity index (χ3n) is 3.42. The first-order valence-corrected chi connectivity index (χ1v) is 6.52. The Bertz CT molecular complexity index is 269. The van der Waals surface area contributed by atoms with E-state index in [0.29, 0.717) is 25.7 Å². The Balaban J connectivity index is 1.75. The zero-order valence-corrected chi connectivity index (χ0v) is 10.7. The molecule has 0 aromatic carbocycles. The minimum atomic E-state index is -0.453. The molecule has 0 bridgehead atoms. The zero-order chi connectivity index (χ0) is 12.1. The van der Waals surface area contributed by atoms with E-state index >= 15 is 0 Å². The number of hydrogen-bond acceptors (Lipinski definition) is 3. The lowest BCUT2D eigenvalue weighted by molar-refractivity contribution is -0.144. The van der Waals surface area contributed by atoms with Crippen molar-refractivity contribution in [2.45, 2.75) is 38.4 Å².